The lowest BCUT2D eigenvalue weighted by Gasteiger charge is -2.02. The third kappa shape index (κ3) is 4.23. The highest BCUT2D eigenvalue weighted by Gasteiger charge is 2.20. The molecule has 0 aliphatic heterocycles. The summed E-state index contributed by atoms with van der Waals surface area (Å²) in [5.74, 6) is 0.987. The first kappa shape index (κ1) is 18.8. The molecule has 0 spiro atoms. The SMILES string of the molecule is COc1ccc(C(=O)CC(=O)c2sc(-c3ccc(OC)cc3)nc2C)cc1. The van der Waals surface area contributed by atoms with Crippen LogP contribution in [-0.2, 0) is 0 Å². The molecule has 138 valence electrons. The summed E-state index contributed by atoms with van der Waals surface area (Å²) in [5.41, 5.74) is 2.03. The molecule has 0 radical (unpaired) electrons. The molecule has 1 heterocycles. The minimum Gasteiger partial charge on any atom is -0.497 e. The van der Waals surface area contributed by atoms with Crippen molar-refractivity contribution < 1.29 is 19.1 Å². The van der Waals surface area contributed by atoms with Crippen LogP contribution in [0.4, 0.5) is 0 Å². The second-order valence-electron chi connectivity index (χ2n) is 5.91. The van der Waals surface area contributed by atoms with E-state index in [1.807, 2.05) is 24.3 Å². The number of benzene rings is 2. The Balaban J connectivity index is 1.76. The van der Waals surface area contributed by atoms with Gasteiger partial charge in [0.1, 0.15) is 16.5 Å². The Bertz CT molecular complexity index is 959. The van der Waals surface area contributed by atoms with Crippen LogP contribution in [0.25, 0.3) is 10.6 Å². The first-order valence-electron chi connectivity index (χ1n) is 8.34. The Morgan fingerprint density at radius 2 is 1.44 bits per heavy atom. The van der Waals surface area contributed by atoms with Gasteiger partial charge in [0.2, 0.25) is 0 Å². The van der Waals surface area contributed by atoms with Crippen molar-refractivity contribution in [2.24, 2.45) is 0 Å². The van der Waals surface area contributed by atoms with E-state index < -0.39 is 0 Å². The highest BCUT2D eigenvalue weighted by Crippen LogP contribution is 2.30. The van der Waals surface area contributed by atoms with E-state index in [9.17, 15) is 9.59 Å². The Hall–Kier alpha value is -2.99. The van der Waals surface area contributed by atoms with Crippen LogP contribution < -0.4 is 9.47 Å². The van der Waals surface area contributed by atoms with Crippen LogP contribution in [0.1, 0.15) is 32.1 Å². The van der Waals surface area contributed by atoms with Crippen molar-refractivity contribution in [1.29, 1.82) is 0 Å². The molecule has 0 bridgehead atoms. The number of rotatable bonds is 7. The molecule has 0 amide bonds. The van der Waals surface area contributed by atoms with Gasteiger partial charge in [0.25, 0.3) is 0 Å². The van der Waals surface area contributed by atoms with Gasteiger partial charge in [0, 0.05) is 11.1 Å². The van der Waals surface area contributed by atoms with Crippen LogP contribution >= 0.6 is 11.3 Å². The van der Waals surface area contributed by atoms with E-state index in [0.29, 0.717) is 21.9 Å². The molecule has 0 unspecified atom stereocenters. The maximum Gasteiger partial charge on any atom is 0.182 e. The van der Waals surface area contributed by atoms with Gasteiger partial charge < -0.3 is 9.47 Å². The molecule has 2 aromatic carbocycles. The number of ketones is 2. The molecular weight excluding hydrogens is 362 g/mol. The number of ether oxygens (including phenoxy) is 2. The van der Waals surface area contributed by atoms with Crippen molar-refractivity contribution >= 4 is 22.9 Å². The zero-order chi connectivity index (χ0) is 19.4. The van der Waals surface area contributed by atoms with E-state index in [0.717, 1.165) is 16.3 Å². The van der Waals surface area contributed by atoms with Crippen molar-refractivity contribution in [2.75, 3.05) is 14.2 Å². The normalized spacial score (nSPS) is 10.5. The number of carbonyl (C=O) groups is 2. The summed E-state index contributed by atoms with van der Waals surface area (Å²) < 4.78 is 10.2. The first-order chi connectivity index (χ1) is 13.0. The van der Waals surface area contributed by atoms with Gasteiger partial charge in [-0.3, -0.25) is 9.59 Å². The van der Waals surface area contributed by atoms with Crippen molar-refractivity contribution in [3.8, 4) is 22.1 Å². The minimum atomic E-state index is -0.221. The first-order valence-corrected chi connectivity index (χ1v) is 9.15. The zero-order valence-electron chi connectivity index (χ0n) is 15.3. The number of aromatic nitrogens is 1. The van der Waals surface area contributed by atoms with E-state index in [1.165, 1.54) is 11.3 Å². The number of hydrogen-bond acceptors (Lipinski definition) is 6. The minimum absolute atomic E-state index is 0.183. The van der Waals surface area contributed by atoms with Gasteiger partial charge in [-0.15, -0.1) is 11.3 Å². The van der Waals surface area contributed by atoms with Gasteiger partial charge in [-0.1, -0.05) is 0 Å². The lowest BCUT2D eigenvalue weighted by atomic mass is 10.0. The zero-order valence-corrected chi connectivity index (χ0v) is 16.1. The van der Waals surface area contributed by atoms with Gasteiger partial charge in [0.05, 0.1) is 31.2 Å². The van der Waals surface area contributed by atoms with Crippen LogP contribution in [0.2, 0.25) is 0 Å². The average molecular weight is 381 g/mol. The van der Waals surface area contributed by atoms with E-state index >= 15 is 0 Å². The number of hydrogen-bond donors (Lipinski definition) is 0. The maximum atomic E-state index is 12.6. The number of thiazole rings is 1. The number of Topliss-reactive ketones (excluding diaryl/α,β-unsaturated/α-hetero) is 2. The quantitative estimate of drug-likeness (QED) is 0.442. The predicted molar refractivity (Wildman–Crippen MR) is 105 cm³/mol. The number of methoxy groups -OCH3 is 2. The summed E-state index contributed by atoms with van der Waals surface area (Å²) in [6, 6.07) is 14.2. The number of aryl methyl sites for hydroxylation is 1. The van der Waals surface area contributed by atoms with E-state index in [1.54, 1.807) is 45.4 Å². The summed E-state index contributed by atoms with van der Waals surface area (Å²) in [7, 11) is 3.17. The topological polar surface area (TPSA) is 65.5 Å². The smallest absolute Gasteiger partial charge is 0.182 e. The predicted octanol–water partition coefficient (Wildman–Crippen LogP) is 4.59. The largest absolute Gasteiger partial charge is 0.497 e. The highest BCUT2D eigenvalue weighted by atomic mass is 32.1. The maximum absolute atomic E-state index is 12.6. The standard InChI is InChI=1S/C21H19NO4S/c1-13-20(27-21(22-13)15-6-10-17(26-3)11-7-15)19(24)12-18(23)14-4-8-16(25-2)9-5-14/h4-11H,12H2,1-3H3. The van der Waals surface area contributed by atoms with Crippen LogP contribution in [-0.4, -0.2) is 30.8 Å². The fraction of sp³-hybridized carbons (Fsp3) is 0.190. The van der Waals surface area contributed by atoms with Crippen LogP contribution in [0.5, 0.6) is 11.5 Å². The van der Waals surface area contributed by atoms with Crippen LogP contribution in [0.3, 0.4) is 0 Å². The molecule has 0 saturated carbocycles. The highest BCUT2D eigenvalue weighted by molar-refractivity contribution is 7.17. The van der Waals surface area contributed by atoms with Gasteiger partial charge in [0.15, 0.2) is 11.6 Å². The summed E-state index contributed by atoms with van der Waals surface area (Å²) in [4.78, 5) is 30.0. The Labute approximate surface area is 161 Å². The molecule has 1 aromatic heterocycles. The van der Waals surface area contributed by atoms with Crippen molar-refractivity contribution in [2.45, 2.75) is 13.3 Å². The summed E-state index contributed by atoms with van der Waals surface area (Å²) >= 11 is 1.30. The summed E-state index contributed by atoms with van der Waals surface area (Å²) in [6.07, 6.45) is -0.183. The fourth-order valence-corrected chi connectivity index (χ4v) is 3.63. The molecule has 0 fully saturated rings. The van der Waals surface area contributed by atoms with Gasteiger partial charge >= 0.3 is 0 Å². The monoisotopic (exact) mass is 381 g/mol. The Kier molecular flexibility index (Phi) is 5.66. The van der Waals surface area contributed by atoms with Gasteiger partial charge in [-0.05, 0) is 55.5 Å². The molecule has 0 atom stereocenters. The van der Waals surface area contributed by atoms with E-state index in [-0.39, 0.29) is 18.0 Å². The molecule has 0 aliphatic rings. The second kappa shape index (κ2) is 8.14. The molecule has 0 N–H and O–H groups in total. The molecule has 3 aromatic rings. The molecule has 27 heavy (non-hydrogen) atoms. The van der Waals surface area contributed by atoms with Crippen molar-refractivity contribution in [3.05, 3.63) is 64.7 Å². The van der Waals surface area contributed by atoms with E-state index in [2.05, 4.69) is 4.98 Å². The van der Waals surface area contributed by atoms with Crippen molar-refractivity contribution in [1.82, 2.24) is 4.98 Å². The average Bonchev–Trinajstić information content (AvgIpc) is 3.10. The fourth-order valence-electron chi connectivity index (χ4n) is 2.62. The number of carbonyl (C=O) groups excluding carboxylic acids is 2. The van der Waals surface area contributed by atoms with Crippen LogP contribution in [0, 0.1) is 6.92 Å². The lowest BCUT2D eigenvalue weighted by molar-refractivity contribution is 0.0896. The Morgan fingerprint density at radius 3 is 2.00 bits per heavy atom. The molecule has 3 rings (SSSR count). The molecule has 6 heteroatoms. The third-order valence-electron chi connectivity index (χ3n) is 4.12. The third-order valence-corrected chi connectivity index (χ3v) is 5.37. The Morgan fingerprint density at radius 1 is 0.889 bits per heavy atom. The van der Waals surface area contributed by atoms with Gasteiger partial charge in [-0.25, -0.2) is 4.98 Å². The number of nitrogens with zero attached hydrogens (tertiary/aromatic N) is 1. The molecular formula is C21H19NO4S. The molecule has 0 saturated heterocycles. The van der Waals surface area contributed by atoms with Crippen molar-refractivity contribution in [3.63, 3.8) is 0 Å². The second-order valence-corrected chi connectivity index (χ2v) is 6.91. The lowest BCUT2D eigenvalue weighted by Crippen LogP contribution is -2.08. The van der Waals surface area contributed by atoms with Gasteiger partial charge in [-0.2, -0.15) is 0 Å². The summed E-state index contributed by atoms with van der Waals surface area (Å²) in [6.45, 7) is 1.79. The molecule has 0 aliphatic carbocycles. The molecule has 5 nitrogen and oxygen atoms in total. The summed E-state index contributed by atoms with van der Waals surface area (Å²) in [5, 5.41) is 0.746. The van der Waals surface area contributed by atoms with E-state index in [4.69, 9.17) is 9.47 Å². The van der Waals surface area contributed by atoms with Crippen LogP contribution in [0.15, 0.2) is 48.5 Å².